The molecule has 1 aromatic heterocycles. The molecular formula is C23H24O3. The van der Waals surface area contributed by atoms with Gasteiger partial charge < -0.3 is 9.52 Å². The van der Waals surface area contributed by atoms with Gasteiger partial charge in [0.05, 0.1) is 5.56 Å². The summed E-state index contributed by atoms with van der Waals surface area (Å²) in [7, 11) is 0. The summed E-state index contributed by atoms with van der Waals surface area (Å²) in [5.41, 5.74) is 3.19. The topological polar surface area (TPSA) is 50.4 Å². The van der Waals surface area contributed by atoms with Gasteiger partial charge in [-0.2, -0.15) is 0 Å². The molecule has 0 spiro atoms. The minimum Gasteiger partial charge on any atom is -0.507 e. The molecule has 26 heavy (non-hydrogen) atoms. The van der Waals surface area contributed by atoms with Gasteiger partial charge in [0.15, 0.2) is 0 Å². The third kappa shape index (κ3) is 3.88. The van der Waals surface area contributed by atoms with E-state index in [4.69, 9.17) is 4.42 Å². The second-order valence-corrected chi connectivity index (χ2v) is 6.52. The third-order valence-corrected chi connectivity index (χ3v) is 4.79. The van der Waals surface area contributed by atoms with E-state index in [1.165, 1.54) is 5.56 Å². The average Bonchev–Trinajstić information content (AvgIpc) is 2.66. The summed E-state index contributed by atoms with van der Waals surface area (Å²) < 4.78 is 5.54. The van der Waals surface area contributed by atoms with Crippen molar-refractivity contribution < 1.29 is 9.52 Å². The quantitative estimate of drug-likeness (QED) is 0.679. The van der Waals surface area contributed by atoms with Crippen LogP contribution in [-0.2, 0) is 12.8 Å². The molecule has 134 valence electrons. The van der Waals surface area contributed by atoms with Crippen molar-refractivity contribution in [3.8, 4) is 5.75 Å². The zero-order valence-electron chi connectivity index (χ0n) is 15.2. The zero-order valence-corrected chi connectivity index (χ0v) is 15.2. The van der Waals surface area contributed by atoms with Gasteiger partial charge in [-0.3, -0.25) is 0 Å². The molecule has 0 aliphatic heterocycles. The first-order chi connectivity index (χ1) is 12.6. The van der Waals surface area contributed by atoms with Crippen LogP contribution in [0.15, 0.2) is 69.9 Å². The van der Waals surface area contributed by atoms with E-state index in [0.717, 1.165) is 17.5 Å². The molecule has 0 radical (unpaired) electrons. The number of benzene rings is 2. The fourth-order valence-corrected chi connectivity index (χ4v) is 3.33. The van der Waals surface area contributed by atoms with Crippen LogP contribution in [0.25, 0.3) is 0 Å². The maximum Gasteiger partial charge on any atom is 0.343 e. The van der Waals surface area contributed by atoms with Crippen LogP contribution in [0.1, 0.15) is 54.2 Å². The van der Waals surface area contributed by atoms with Crippen molar-refractivity contribution in [1.29, 1.82) is 0 Å². The molecule has 3 aromatic rings. The Hall–Kier alpha value is -2.81. The van der Waals surface area contributed by atoms with Gasteiger partial charge in [0, 0.05) is 18.4 Å². The van der Waals surface area contributed by atoms with Crippen molar-refractivity contribution in [2.24, 2.45) is 0 Å². The van der Waals surface area contributed by atoms with E-state index in [1.807, 2.05) is 49.4 Å². The van der Waals surface area contributed by atoms with Crippen molar-refractivity contribution >= 4 is 0 Å². The van der Waals surface area contributed by atoms with Gasteiger partial charge >= 0.3 is 5.63 Å². The van der Waals surface area contributed by atoms with Crippen molar-refractivity contribution in [2.45, 2.75) is 39.0 Å². The summed E-state index contributed by atoms with van der Waals surface area (Å²) in [5.74, 6) is 0.311. The largest absolute Gasteiger partial charge is 0.507 e. The maximum absolute atomic E-state index is 12.6. The molecule has 3 rings (SSSR count). The summed E-state index contributed by atoms with van der Waals surface area (Å²) in [5, 5.41) is 10.5. The standard InChI is InChI=1S/C23H24O3/c1-3-16-10-12-17(13-11-16)14-19-15-21(24)22(23(25)26-19)20(4-2)18-8-6-5-7-9-18/h5-13,15,20,24H,3-4,14H2,1-2H3. The van der Waals surface area contributed by atoms with Gasteiger partial charge in [0.2, 0.25) is 0 Å². The number of aryl methyl sites for hydroxylation is 1. The van der Waals surface area contributed by atoms with Gasteiger partial charge in [0.1, 0.15) is 11.5 Å². The van der Waals surface area contributed by atoms with Crippen LogP contribution >= 0.6 is 0 Å². The molecule has 0 aliphatic carbocycles. The van der Waals surface area contributed by atoms with Crippen LogP contribution in [0.5, 0.6) is 5.75 Å². The molecular weight excluding hydrogens is 324 g/mol. The highest BCUT2D eigenvalue weighted by Gasteiger charge is 2.21. The lowest BCUT2D eigenvalue weighted by molar-refractivity contribution is 0.411. The predicted molar refractivity (Wildman–Crippen MR) is 104 cm³/mol. The van der Waals surface area contributed by atoms with Crippen molar-refractivity contribution in [1.82, 2.24) is 0 Å². The number of hydrogen-bond donors (Lipinski definition) is 1. The molecule has 0 saturated heterocycles. The Morgan fingerprint density at radius 3 is 2.19 bits per heavy atom. The first-order valence-electron chi connectivity index (χ1n) is 9.11. The van der Waals surface area contributed by atoms with E-state index >= 15 is 0 Å². The molecule has 0 fully saturated rings. The second kappa shape index (κ2) is 8.05. The van der Waals surface area contributed by atoms with Crippen LogP contribution in [0.4, 0.5) is 0 Å². The van der Waals surface area contributed by atoms with E-state index in [-0.39, 0.29) is 11.7 Å². The molecule has 1 unspecified atom stereocenters. The van der Waals surface area contributed by atoms with Crippen LogP contribution in [0, 0.1) is 0 Å². The minimum absolute atomic E-state index is 0.0112. The van der Waals surface area contributed by atoms with E-state index in [0.29, 0.717) is 24.2 Å². The van der Waals surface area contributed by atoms with Crippen LogP contribution in [0.2, 0.25) is 0 Å². The minimum atomic E-state index is -0.458. The highest BCUT2D eigenvalue weighted by atomic mass is 16.4. The van der Waals surface area contributed by atoms with E-state index in [9.17, 15) is 9.90 Å². The molecule has 0 aliphatic rings. The van der Waals surface area contributed by atoms with Crippen LogP contribution < -0.4 is 5.63 Å². The summed E-state index contributed by atoms with van der Waals surface area (Å²) >= 11 is 0. The summed E-state index contributed by atoms with van der Waals surface area (Å²) in [6.07, 6.45) is 2.18. The van der Waals surface area contributed by atoms with E-state index in [2.05, 4.69) is 19.1 Å². The smallest absolute Gasteiger partial charge is 0.343 e. The fourth-order valence-electron chi connectivity index (χ4n) is 3.33. The van der Waals surface area contributed by atoms with Crippen molar-refractivity contribution in [3.05, 3.63) is 99.1 Å². The Kier molecular flexibility index (Phi) is 5.57. The first-order valence-corrected chi connectivity index (χ1v) is 9.11. The molecule has 1 N–H and O–H groups in total. The summed E-state index contributed by atoms with van der Waals surface area (Å²) in [4.78, 5) is 12.6. The third-order valence-electron chi connectivity index (χ3n) is 4.79. The maximum atomic E-state index is 12.6. The molecule has 0 amide bonds. The van der Waals surface area contributed by atoms with Crippen LogP contribution in [0.3, 0.4) is 0 Å². The lowest BCUT2D eigenvalue weighted by Gasteiger charge is -2.16. The molecule has 1 heterocycles. The molecule has 3 nitrogen and oxygen atoms in total. The van der Waals surface area contributed by atoms with E-state index < -0.39 is 5.63 Å². The van der Waals surface area contributed by atoms with Crippen molar-refractivity contribution in [2.75, 3.05) is 0 Å². The highest BCUT2D eigenvalue weighted by molar-refractivity contribution is 5.40. The normalized spacial score (nSPS) is 12.1. The lowest BCUT2D eigenvalue weighted by Crippen LogP contribution is -2.14. The van der Waals surface area contributed by atoms with Crippen LogP contribution in [-0.4, -0.2) is 5.11 Å². The second-order valence-electron chi connectivity index (χ2n) is 6.52. The Balaban J connectivity index is 1.91. The molecule has 2 aromatic carbocycles. The molecule has 1 atom stereocenters. The Morgan fingerprint density at radius 1 is 0.962 bits per heavy atom. The number of aromatic hydroxyl groups is 1. The molecule has 0 bridgehead atoms. The Morgan fingerprint density at radius 2 is 1.62 bits per heavy atom. The SMILES string of the molecule is CCc1ccc(Cc2cc(O)c(C(CC)c3ccccc3)c(=O)o2)cc1. The number of hydrogen-bond acceptors (Lipinski definition) is 3. The zero-order chi connectivity index (χ0) is 18.5. The van der Waals surface area contributed by atoms with Crippen molar-refractivity contribution in [3.63, 3.8) is 0 Å². The van der Waals surface area contributed by atoms with E-state index in [1.54, 1.807) is 6.07 Å². The average molecular weight is 348 g/mol. The first kappa shape index (κ1) is 18.0. The van der Waals surface area contributed by atoms with Gasteiger partial charge in [-0.15, -0.1) is 0 Å². The predicted octanol–water partition coefficient (Wildman–Crippen LogP) is 5.04. The van der Waals surface area contributed by atoms with Gasteiger partial charge in [0.25, 0.3) is 0 Å². The monoisotopic (exact) mass is 348 g/mol. The lowest BCUT2D eigenvalue weighted by atomic mass is 9.89. The highest BCUT2D eigenvalue weighted by Crippen LogP contribution is 2.32. The Bertz CT molecular complexity index is 908. The van der Waals surface area contributed by atoms with Gasteiger partial charge in [-0.25, -0.2) is 4.79 Å². The molecule has 3 heteroatoms. The molecule has 0 saturated carbocycles. The summed E-state index contributed by atoms with van der Waals surface area (Å²) in [6, 6.07) is 19.5. The van der Waals surface area contributed by atoms with Gasteiger partial charge in [-0.1, -0.05) is 68.4 Å². The fraction of sp³-hybridized carbons (Fsp3) is 0.261. The number of rotatable bonds is 6. The summed E-state index contributed by atoms with van der Waals surface area (Å²) in [6.45, 7) is 4.11. The Labute approximate surface area is 153 Å². The van der Waals surface area contributed by atoms with Gasteiger partial charge in [-0.05, 0) is 29.5 Å².